The Kier molecular flexibility index (Phi) is 5.59. The van der Waals surface area contributed by atoms with Gasteiger partial charge in [0, 0.05) is 25.6 Å². The number of hydrogen-bond donors (Lipinski definition) is 3. The summed E-state index contributed by atoms with van der Waals surface area (Å²) >= 11 is 0. The van der Waals surface area contributed by atoms with Crippen molar-refractivity contribution in [2.24, 2.45) is 0 Å². The molecule has 0 bridgehead atoms. The molecule has 3 N–H and O–H groups in total. The van der Waals surface area contributed by atoms with E-state index in [9.17, 15) is 9.90 Å². The van der Waals surface area contributed by atoms with Gasteiger partial charge in [-0.25, -0.2) is 4.79 Å². The largest absolute Gasteiger partial charge is 0.391 e. The van der Waals surface area contributed by atoms with E-state index >= 15 is 0 Å². The second-order valence-electron chi connectivity index (χ2n) is 5.65. The summed E-state index contributed by atoms with van der Waals surface area (Å²) in [4.78, 5) is 11.8. The van der Waals surface area contributed by atoms with Crippen molar-refractivity contribution in [1.82, 2.24) is 10.6 Å². The molecule has 2 rings (SSSR count). The topological polar surface area (TPSA) is 70.6 Å². The lowest BCUT2D eigenvalue weighted by atomic mass is 9.96. The zero-order chi connectivity index (χ0) is 15.1. The van der Waals surface area contributed by atoms with Gasteiger partial charge in [-0.15, -0.1) is 0 Å². The number of carbonyl (C=O) groups is 1. The van der Waals surface area contributed by atoms with Crippen LogP contribution in [0.1, 0.15) is 24.8 Å². The van der Waals surface area contributed by atoms with Crippen molar-refractivity contribution in [3.63, 3.8) is 0 Å². The van der Waals surface area contributed by atoms with Gasteiger partial charge < -0.3 is 20.5 Å². The van der Waals surface area contributed by atoms with Gasteiger partial charge in [0.05, 0.1) is 12.7 Å². The summed E-state index contributed by atoms with van der Waals surface area (Å²) in [5.41, 5.74) is 1.41. The van der Waals surface area contributed by atoms with Crippen LogP contribution in [-0.2, 0) is 10.2 Å². The third kappa shape index (κ3) is 4.72. The molecule has 1 saturated carbocycles. The molecule has 1 fully saturated rings. The number of amides is 2. The molecular weight excluding hydrogens is 268 g/mol. The molecule has 0 spiro atoms. The maximum atomic E-state index is 11.8. The van der Waals surface area contributed by atoms with Crippen LogP contribution >= 0.6 is 0 Å². The molecule has 2 amide bonds. The summed E-state index contributed by atoms with van der Waals surface area (Å²) in [5.74, 6) is 0. The van der Waals surface area contributed by atoms with Crippen LogP contribution < -0.4 is 10.6 Å². The number of benzene rings is 1. The Balaban J connectivity index is 1.68. The zero-order valence-electron chi connectivity index (χ0n) is 12.5. The van der Waals surface area contributed by atoms with E-state index in [1.54, 1.807) is 7.11 Å². The number of hydrogen-bond acceptors (Lipinski definition) is 3. The summed E-state index contributed by atoms with van der Waals surface area (Å²) in [7, 11) is 1.54. The highest BCUT2D eigenvalue weighted by atomic mass is 16.5. The lowest BCUT2D eigenvalue weighted by molar-refractivity contribution is 0.0598. The number of methoxy groups -OCH3 is 1. The first-order valence-electron chi connectivity index (χ1n) is 7.40. The number of rotatable bonds is 8. The third-order valence-corrected chi connectivity index (χ3v) is 3.95. The van der Waals surface area contributed by atoms with Crippen LogP contribution in [0.25, 0.3) is 0 Å². The maximum Gasteiger partial charge on any atom is 0.314 e. The van der Waals surface area contributed by atoms with E-state index in [4.69, 9.17) is 4.74 Å². The van der Waals surface area contributed by atoms with Crippen molar-refractivity contribution in [2.45, 2.75) is 30.8 Å². The number of nitrogens with one attached hydrogen (secondary N) is 2. The Bertz CT molecular complexity index is 446. The molecule has 0 aliphatic heterocycles. The van der Waals surface area contributed by atoms with Crippen molar-refractivity contribution >= 4 is 6.03 Å². The van der Waals surface area contributed by atoms with Gasteiger partial charge in [0.2, 0.25) is 0 Å². The van der Waals surface area contributed by atoms with Crippen LogP contribution in [0.5, 0.6) is 0 Å². The normalized spacial score (nSPS) is 17.0. The van der Waals surface area contributed by atoms with E-state index in [0.29, 0.717) is 26.1 Å². The lowest BCUT2D eigenvalue weighted by Crippen LogP contribution is -2.41. The van der Waals surface area contributed by atoms with Crippen LogP contribution in [0.3, 0.4) is 0 Å². The Labute approximate surface area is 125 Å². The molecule has 1 aliphatic carbocycles. The van der Waals surface area contributed by atoms with E-state index in [1.165, 1.54) is 5.56 Å². The number of ether oxygens (including phenoxy) is 1. The molecule has 1 aromatic carbocycles. The van der Waals surface area contributed by atoms with Crippen LogP contribution in [0.15, 0.2) is 30.3 Å². The molecule has 0 radical (unpaired) electrons. The number of carbonyl (C=O) groups excluding carboxylic acids is 1. The summed E-state index contributed by atoms with van der Waals surface area (Å²) in [6, 6.07) is 10.1. The molecule has 1 unspecified atom stereocenters. The SMILES string of the molecule is COCC(O)CCNC(=O)NCC1(c2ccccc2)CC1. The smallest absolute Gasteiger partial charge is 0.314 e. The number of aliphatic hydroxyl groups excluding tert-OH is 1. The molecule has 1 aromatic rings. The van der Waals surface area contributed by atoms with E-state index in [0.717, 1.165) is 12.8 Å². The van der Waals surface area contributed by atoms with Crippen molar-refractivity contribution < 1.29 is 14.6 Å². The Morgan fingerprint density at radius 2 is 2.05 bits per heavy atom. The average molecular weight is 292 g/mol. The van der Waals surface area contributed by atoms with Crippen LogP contribution in [0.2, 0.25) is 0 Å². The molecule has 0 aromatic heterocycles. The number of urea groups is 1. The molecule has 116 valence electrons. The quantitative estimate of drug-likeness (QED) is 0.678. The van der Waals surface area contributed by atoms with Gasteiger partial charge in [0.25, 0.3) is 0 Å². The second-order valence-corrected chi connectivity index (χ2v) is 5.65. The average Bonchev–Trinajstić information content (AvgIpc) is 3.28. The molecular formula is C16H24N2O3. The van der Waals surface area contributed by atoms with Gasteiger partial charge in [0.1, 0.15) is 0 Å². The summed E-state index contributed by atoms with van der Waals surface area (Å²) < 4.78 is 4.83. The van der Waals surface area contributed by atoms with Crippen molar-refractivity contribution in [3.05, 3.63) is 35.9 Å². The van der Waals surface area contributed by atoms with Crippen molar-refractivity contribution in [3.8, 4) is 0 Å². The lowest BCUT2D eigenvalue weighted by Gasteiger charge is -2.17. The van der Waals surface area contributed by atoms with Gasteiger partial charge >= 0.3 is 6.03 Å². The highest BCUT2D eigenvalue weighted by Crippen LogP contribution is 2.47. The van der Waals surface area contributed by atoms with Gasteiger partial charge in [-0.3, -0.25) is 0 Å². The Morgan fingerprint density at radius 1 is 1.33 bits per heavy atom. The van der Waals surface area contributed by atoms with E-state index in [-0.39, 0.29) is 11.4 Å². The molecule has 5 nitrogen and oxygen atoms in total. The Hall–Kier alpha value is -1.59. The fourth-order valence-corrected chi connectivity index (χ4v) is 2.45. The zero-order valence-corrected chi connectivity index (χ0v) is 12.5. The molecule has 21 heavy (non-hydrogen) atoms. The van der Waals surface area contributed by atoms with Crippen LogP contribution in [0, 0.1) is 0 Å². The summed E-state index contributed by atoms with van der Waals surface area (Å²) in [5, 5.41) is 15.2. The van der Waals surface area contributed by atoms with Gasteiger partial charge in [-0.2, -0.15) is 0 Å². The fourth-order valence-electron chi connectivity index (χ4n) is 2.45. The van der Waals surface area contributed by atoms with Gasteiger partial charge in [0.15, 0.2) is 0 Å². The predicted molar refractivity (Wildman–Crippen MR) is 81.3 cm³/mol. The van der Waals surface area contributed by atoms with Gasteiger partial charge in [-0.05, 0) is 24.8 Å². The minimum Gasteiger partial charge on any atom is -0.391 e. The van der Waals surface area contributed by atoms with Gasteiger partial charge in [-0.1, -0.05) is 30.3 Å². The number of aliphatic hydroxyl groups is 1. The highest BCUT2D eigenvalue weighted by molar-refractivity contribution is 5.74. The van der Waals surface area contributed by atoms with Crippen LogP contribution in [-0.4, -0.2) is 44.0 Å². The van der Waals surface area contributed by atoms with Crippen molar-refractivity contribution in [2.75, 3.05) is 26.8 Å². The standard InChI is InChI=1S/C16H24N2O3/c1-21-11-14(19)7-10-17-15(20)18-12-16(8-9-16)13-5-3-2-4-6-13/h2-6,14,19H,7-12H2,1H3,(H2,17,18,20). The Morgan fingerprint density at radius 3 is 2.67 bits per heavy atom. The molecule has 5 heteroatoms. The monoisotopic (exact) mass is 292 g/mol. The molecule has 1 aliphatic rings. The summed E-state index contributed by atoms with van der Waals surface area (Å²) in [6.07, 6.45) is 2.19. The first-order chi connectivity index (χ1) is 10.2. The highest BCUT2D eigenvalue weighted by Gasteiger charge is 2.44. The molecule has 0 saturated heterocycles. The minimum atomic E-state index is -0.533. The first-order valence-corrected chi connectivity index (χ1v) is 7.40. The second kappa shape index (κ2) is 7.43. The van der Waals surface area contributed by atoms with E-state index in [1.807, 2.05) is 18.2 Å². The molecule has 1 atom stereocenters. The van der Waals surface area contributed by atoms with Crippen LogP contribution in [0.4, 0.5) is 4.79 Å². The predicted octanol–water partition coefficient (Wildman–Crippen LogP) is 1.41. The minimum absolute atomic E-state index is 0.119. The fraction of sp³-hybridized carbons (Fsp3) is 0.562. The maximum absolute atomic E-state index is 11.8. The van der Waals surface area contributed by atoms with E-state index < -0.39 is 6.10 Å². The third-order valence-electron chi connectivity index (χ3n) is 3.95. The van der Waals surface area contributed by atoms with Crippen molar-refractivity contribution in [1.29, 1.82) is 0 Å². The molecule has 0 heterocycles. The first kappa shape index (κ1) is 15.8. The van der Waals surface area contributed by atoms with E-state index in [2.05, 4.69) is 22.8 Å². The summed E-state index contributed by atoms with van der Waals surface area (Å²) in [6.45, 7) is 1.39.